The molecule has 0 amide bonds. The zero-order chi connectivity index (χ0) is 14.2. The van der Waals surface area contributed by atoms with E-state index in [4.69, 9.17) is 10.8 Å². The number of carboxylic acids is 1. The number of aromatic nitrogens is 4. The lowest BCUT2D eigenvalue weighted by atomic mass is 10.2. The van der Waals surface area contributed by atoms with Gasteiger partial charge in [-0.25, -0.2) is 9.78 Å². The van der Waals surface area contributed by atoms with Gasteiger partial charge in [-0.3, -0.25) is 19.4 Å². The number of aromatic amines is 2. The molecule has 19 heavy (non-hydrogen) atoms. The average Bonchev–Trinajstić information content (AvgIpc) is 2.31. The molecule has 5 N–H and O–H groups in total. The highest BCUT2D eigenvalue weighted by Crippen LogP contribution is 2.00. The Morgan fingerprint density at radius 3 is 2.47 bits per heavy atom. The molecule has 0 radical (unpaired) electrons. The fourth-order valence-corrected chi connectivity index (χ4v) is 1.38. The Kier molecular flexibility index (Phi) is 2.83. The maximum absolute atomic E-state index is 11.6. The zero-order valence-electron chi connectivity index (χ0n) is 9.26. The van der Waals surface area contributed by atoms with Crippen molar-refractivity contribution in [3.63, 3.8) is 0 Å². The second kappa shape index (κ2) is 4.33. The van der Waals surface area contributed by atoms with Gasteiger partial charge in [0.1, 0.15) is 5.69 Å². The van der Waals surface area contributed by atoms with Crippen LogP contribution in [0.2, 0.25) is 0 Å². The van der Waals surface area contributed by atoms with Gasteiger partial charge in [-0.05, 0) is 0 Å². The molecule has 2 aromatic heterocycles. The number of carbonyl (C=O) groups excluding carboxylic acids is 1. The number of nitrogens with one attached hydrogen (secondary N) is 2. The van der Waals surface area contributed by atoms with E-state index in [0.717, 1.165) is 0 Å². The lowest BCUT2D eigenvalue weighted by Crippen LogP contribution is -2.25. The van der Waals surface area contributed by atoms with Crippen molar-refractivity contribution in [1.29, 1.82) is 0 Å². The monoisotopic (exact) mass is 265 g/mol. The van der Waals surface area contributed by atoms with E-state index in [1.54, 1.807) is 0 Å². The Labute approximate surface area is 103 Å². The van der Waals surface area contributed by atoms with Crippen LogP contribution in [0.3, 0.4) is 0 Å². The van der Waals surface area contributed by atoms with E-state index in [2.05, 4.69) is 19.9 Å². The van der Waals surface area contributed by atoms with Gasteiger partial charge < -0.3 is 15.8 Å². The van der Waals surface area contributed by atoms with Crippen LogP contribution in [0.25, 0.3) is 11.2 Å². The number of hydrogen-bond donors (Lipinski definition) is 4. The van der Waals surface area contributed by atoms with Gasteiger partial charge in [0.2, 0.25) is 11.7 Å². The highest BCUT2D eigenvalue weighted by molar-refractivity contribution is 6.33. The topological polar surface area (TPSA) is 172 Å². The summed E-state index contributed by atoms with van der Waals surface area (Å²) in [6.45, 7) is 0. The molecule has 0 spiro atoms. The first-order valence-electron chi connectivity index (χ1n) is 4.93. The minimum Gasteiger partial charge on any atom is -0.475 e. The Balaban J connectivity index is 2.62. The molecule has 0 fully saturated rings. The number of nitrogens with two attached hydrogens (primary N) is 1. The van der Waals surface area contributed by atoms with E-state index in [9.17, 15) is 19.2 Å². The summed E-state index contributed by atoms with van der Waals surface area (Å²) in [5.74, 6) is -3.09. The number of Topliss-reactive ketones (excluding diaryl/α,β-unsaturated/α-hetero) is 1. The van der Waals surface area contributed by atoms with Crippen molar-refractivity contribution in [1.82, 2.24) is 19.9 Å². The first-order valence-corrected chi connectivity index (χ1v) is 4.93. The van der Waals surface area contributed by atoms with Gasteiger partial charge in [-0.15, -0.1) is 0 Å². The molecular weight excluding hydrogens is 258 g/mol. The highest BCUT2D eigenvalue weighted by atomic mass is 16.4. The van der Waals surface area contributed by atoms with Crippen LogP contribution in [0.4, 0.5) is 5.95 Å². The molecule has 0 saturated heterocycles. The number of fused-ring (bicyclic) bond motifs is 1. The van der Waals surface area contributed by atoms with E-state index in [0.29, 0.717) is 0 Å². The third-order valence-electron chi connectivity index (χ3n) is 2.23. The van der Waals surface area contributed by atoms with Gasteiger partial charge >= 0.3 is 5.97 Å². The fraction of sp³-hybridized carbons (Fsp3) is 0.111. The standard InChI is InChI=1S/C9H7N5O5/c10-9-13-5-4(7(17)14-9)12-6(16)2(11-5)1-3(15)8(18)19/h1H2,(H,12,16)(H,18,19)(H3,10,11,13,14,17). The van der Waals surface area contributed by atoms with Gasteiger partial charge in [0, 0.05) is 0 Å². The molecule has 0 unspecified atom stereocenters. The molecule has 0 atom stereocenters. The molecule has 2 heterocycles. The van der Waals surface area contributed by atoms with Crippen LogP contribution in [0.5, 0.6) is 0 Å². The number of hydrogen-bond acceptors (Lipinski definition) is 7. The predicted octanol–water partition coefficient (Wildman–Crippen LogP) is -2.22. The average molecular weight is 265 g/mol. The Morgan fingerprint density at radius 1 is 1.16 bits per heavy atom. The Morgan fingerprint density at radius 2 is 1.84 bits per heavy atom. The minimum absolute atomic E-state index is 0.172. The van der Waals surface area contributed by atoms with Crippen molar-refractivity contribution in [3.8, 4) is 0 Å². The number of ketones is 1. The number of rotatable bonds is 3. The van der Waals surface area contributed by atoms with Crippen LogP contribution in [-0.2, 0) is 16.0 Å². The molecule has 98 valence electrons. The summed E-state index contributed by atoms with van der Waals surface area (Å²) in [5, 5.41) is 8.46. The number of aliphatic carboxylic acids is 1. The number of anilines is 1. The summed E-state index contributed by atoms with van der Waals surface area (Å²) in [4.78, 5) is 56.1. The molecule has 0 saturated carbocycles. The molecule has 0 aliphatic heterocycles. The lowest BCUT2D eigenvalue weighted by Gasteiger charge is -2.00. The number of nitrogens with zero attached hydrogens (tertiary/aromatic N) is 2. The number of H-pyrrole nitrogens is 2. The van der Waals surface area contributed by atoms with Crippen molar-refractivity contribution in [2.75, 3.05) is 5.73 Å². The van der Waals surface area contributed by atoms with Crippen molar-refractivity contribution >= 4 is 28.9 Å². The van der Waals surface area contributed by atoms with E-state index in [1.165, 1.54) is 0 Å². The van der Waals surface area contributed by atoms with Crippen molar-refractivity contribution in [2.24, 2.45) is 0 Å². The van der Waals surface area contributed by atoms with Crippen LogP contribution in [0.1, 0.15) is 5.69 Å². The molecule has 0 aliphatic rings. The number of nitrogen functional groups attached to an aromatic ring is 1. The third kappa shape index (κ3) is 2.31. The van der Waals surface area contributed by atoms with Crippen molar-refractivity contribution in [2.45, 2.75) is 6.42 Å². The predicted molar refractivity (Wildman–Crippen MR) is 61.5 cm³/mol. The Bertz CT molecular complexity index is 805. The fourth-order valence-electron chi connectivity index (χ4n) is 1.38. The number of carboxylic acid groups (broad SMARTS) is 1. The molecule has 0 aliphatic carbocycles. The van der Waals surface area contributed by atoms with Crippen LogP contribution < -0.4 is 16.9 Å². The smallest absolute Gasteiger partial charge is 0.372 e. The molecular formula is C9H7N5O5. The van der Waals surface area contributed by atoms with Gasteiger partial charge in [0.15, 0.2) is 11.2 Å². The summed E-state index contributed by atoms with van der Waals surface area (Å²) < 4.78 is 0. The normalized spacial score (nSPS) is 10.5. The summed E-state index contributed by atoms with van der Waals surface area (Å²) in [6, 6.07) is 0. The minimum atomic E-state index is -1.68. The van der Waals surface area contributed by atoms with E-state index in [-0.39, 0.29) is 22.8 Å². The van der Waals surface area contributed by atoms with Crippen LogP contribution >= 0.6 is 0 Å². The Hall–Kier alpha value is -3.04. The zero-order valence-corrected chi connectivity index (χ0v) is 9.26. The summed E-state index contributed by atoms with van der Waals surface area (Å²) in [7, 11) is 0. The van der Waals surface area contributed by atoms with E-state index >= 15 is 0 Å². The summed E-state index contributed by atoms with van der Waals surface area (Å²) in [6.07, 6.45) is -0.699. The lowest BCUT2D eigenvalue weighted by molar-refractivity contribution is -0.148. The molecule has 10 heteroatoms. The van der Waals surface area contributed by atoms with Crippen LogP contribution in [0.15, 0.2) is 9.59 Å². The first kappa shape index (κ1) is 12.4. The molecule has 10 nitrogen and oxygen atoms in total. The second-order valence-corrected chi connectivity index (χ2v) is 3.57. The van der Waals surface area contributed by atoms with Crippen LogP contribution in [0, 0.1) is 0 Å². The van der Waals surface area contributed by atoms with E-state index < -0.39 is 29.3 Å². The van der Waals surface area contributed by atoms with Gasteiger partial charge in [-0.1, -0.05) is 0 Å². The van der Waals surface area contributed by atoms with Gasteiger partial charge in [0.25, 0.3) is 11.1 Å². The molecule has 2 rings (SSSR count). The van der Waals surface area contributed by atoms with Gasteiger partial charge in [0.05, 0.1) is 6.42 Å². The van der Waals surface area contributed by atoms with Crippen LogP contribution in [-0.4, -0.2) is 36.8 Å². The van der Waals surface area contributed by atoms with Crippen molar-refractivity contribution in [3.05, 3.63) is 26.4 Å². The largest absolute Gasteiger partial charge is 0.475 e. The van der Waals surface area contributed by atoms with Crippen molar-refractivity contribution < 1.29 is 14.7 Å². The molecule has 0 bridgehead atoms. The quantitative estimate of drug-likeness (QED) is 0.452. The van der Waals surface area contributed by atoms with Gasteiger partial charge in [-0.2, -0.15) is 4.98 Å². The molecule has 0 aromatic carbocycles. The highest BCUT2D eigenvalue weighted by Gasteiger charge is 2.17. The summed E-state index contributed by atoms with van der Waals surface area (Å²) >= 11 is 0. The first-order chi connectivity index (χ1) is 8.88. The maximum atomic E-state index is 11.6. The second-order valence-electron chi connectivity index (χ2n) is 3.57. The maximum Gasteiger partial charge on any atom is 0.372 e. The van der Waals surface area contributed by atoms with E-state index in [1.807, 2.05) is 0 Å². The number of carbonyl (C=O) groups is 2. The molecule has 2 aromatic rings. The summed E-state index contributed by atoms with van der Waals surface area (Å²) in [5.41, 5.74) is 3.05. The third-order valence-corrected chi connectivity index (χ3v) is 2.23. The SMILES string of the molecule is Nc1nc2nc(CC(=O)C(=O)O)c(=O)[nH]c2c(=O)[nH]1.